The summed E-state index contributed by atoms with van der Waals surface area (Å²) in [5.74, 6) is -0.255. The molecule has 220 valence electrons. The van der Waals surface area contributed by atoms with Gasteiger partial charge < -0.3 is 25.4 Å². The average molecular weight is 570 g/mol. The van der Waals surface area contributed by atoms with E-state index >= 15 is 0 Å². The Morgan fingerprint density at radius 3 is 2.67 bits per heavy atom. The Morgan fingerprint density at radius 1 is 1.12 bits per heavy atom. The average Bonchev–Trinajstić information content (AvgIpc) is 3.47. The molecule has 0 unspecified atom stereocenters. The molecule has 42 heavy (non-hydrogen) atoms. The van der Waals surface area contributed by atoms with Gasteiger partial charge in [-0.3, -0.25) is 9.59 Å². The summed E-state index contributed by atoms with van der Waals surface area (Å²) in [6, 6.07) is 15.8. The maximum Gasteiger partial charge on any atom is 0.193 e. The number of Topliss-reactive ketones (excluding diaryl/α,β-unsaturated/α-hetero) is 1. The summed E-state index contributed by atoms with van der Waals surface area (Å²) in [6.07, 6.45) is 6.69. The number of fused-ring (bicyclic) bond motifs is 7. The summed E-state index contributed by atoms with van der Waals surface area (Å²) < 4.78 is 13.4. The van der Waals surface area contributed by atoms with Crippen LogP contribution in [0.25, 0.3) is 0 Å². The summed E-state index contributed by atoms with van der Waals surface area (Å²) in [7, 11) is 0. The van der Waals surface area contributed by atoms with Crippen molar-refractivity contribution >= 4 is 17.3 Å². The van der Waals surface area contributed by atoms with E-state index in [0.29, 0.717) is 12.8 Å². The molecule has 0 spiro atoms. The van der Waals surface area contributed by atoms with Crippen LogP contribution in [0.2, 0.25) is 0 Å². The quantitative estimate of drug-likeness (QED) is 0.455. The number of ketones is 2. The van der Waals surface area contributed by atoms with Crippen molar-refractivity contribution in [2.45, 2.75) is 70.1 Å². The molecule has 7 rings (SSSR count). The maximum atomic E-state index is 13.8. The van der Waals surface area contributed by atoms with E-state index in [1.54, 1.807) is 12.2 Å². The number of nitrogen functional groups attached to an aromatic ring is 1. The lowest BCUT2D eigenvalue weighted by molar-refractivity contribution is -0.201. The van der Waals surface area contributed by atoms with E-state index in [0.717, 1.165) is 47.2 Å². The summed E-state index contributed by atoms with van der Waals surface area (Å²) in [4.78, 5) is 25.9. The Labute approximate surface area is 246 Å². The van der Waals surface area contributed by atoms with Crippen molar-refractivity contribution in [1.29, 1.82) is 0 Å². The smallest absolute Gasteiger partial charge is 0.193 e. The number of nitrogens with two attached hydrogens (primary N) is 1. The first-order valence-electron chi connectivity index (χ1n) is 15.1. The van der Waals surface area contributed by atoms with Crippen molar-refractivity contribution in [3.8, 4) is 0 Å². The number of rotatable bonds is 5. The van der Waals surface area contributed by atoms with Crippen molar-refractivity contribution in [3.05, 3.63) is 89.0 Å². The van der Waals surface area contributed by atoms with Crippen molar-refractivity contribution in [2.75, 3.05) is 12.3 Å². The largest absolute Gasteiger partial charge is 0.399 e. The number of aliphatic hydroxyl groups is 2. The topological polar surface area (TPSA) is 119 Å². The SMILES string of the molecule is C[C@]12C=CC(=O)C=C1CC[C@@H]1[C@@H]2[C@@H](O)C[C@@]2(C)[C@H]1C[C@H]1O[C@@H](c3cccc(Cc4ccc(N)cc4)c3)O[C@]12C(=O)CO. The first-order valence-corrected chi connectivity index (χ1v) is 15.1. The van der Waals surface area contributed by atoms with E-state index in [4.69, 9.17) is 15.2 Å². The highest BCUT2D eigenvalue weighted by atomic mass is 16.7. The second-order valence-electron chi connectivity index (χ2n) is 13.5. The third-order valence-corrected chi connectivity index (χ3v) is 11.4. The van der Waals surface area contributed by atoms with Gasteiger partial charge in [0, 0.05) is 28.0 Å². The number of aliphatic hydroxyl groups excluding tert-OH is 2. The second-order valence-corrected chi connectivity index (χ2v) is 13.5. The van der Waals surface area contributed by atoms with Crippen LogP contribution in [0.1, 0.15) is 62.5 Å². The lowest BCUT2D eigenvalue weighted by Gasteiger charge is -2.59. The molecular formula is C35H39NO6. The predicted molar refractivity (Wildman–Crippen MR) is 157 cm³/mol. The molecule has 1 saturated heterocycles. The van der Waals surface area contributed by atoms with Gasteiger partial charge in [-0.2, -0.15) is 0 Å². The van der Waals surface area contributed by atoms with E-state index in [-0.39, 0.29) is 29.3 Å². The molecule has 0 aromatic heterocycles. The third-order valence-electron chi connectivity index (χ3n) is 11.4. The predicted octanol–water partition coefficient (Wildman–Crippen LogP) is 4.46. The van der Waals surface area contributed by atoms with Crippen LogP contribution < -0.4 is 5.73 Å². The van der Waals surface area contributed by atoms with E-state index in [1.165, 1.54) is 0 Å². The maximum absolute atomic E-state index is 13.8. The van der Waals surface area contributed by atoms with Crippen molar-refractivity contribution in [3.63, 3.8) is 0 Å². The Morgan fingerprint density at radius 2 is 1.90 bits per heavy atom. The minimum Gasteiger partial charge on any atom is -0.399 e. The molecule has 1 heterocycles. The molecule has 7 nitrogen and oxygen atoms in total. The van der Waals surface area contributed by atoms with E-state index in [9.17, 15) is 19.8 Å². The molecule has 0 amide bonds. The van der Waals surface area contributed by atoms with Gasteiger partial charge in [0.25, 0.3) is 0 Å². The number of hydrogen-bond acceptors (Lipinski definition) is 7. The van der Waals surface area contributed by atoms with Crippen LogP contribution in [0.3, 0.4) is 0 Å². The third kappa shape index (κ3) is 3.87. The van der Waals surface area contributed by atoms with Gasteiger partial charge in [0.15, 0.2) is 23.5 Å². The van der Waals surface area contributed by atoms with Crippen molar-refractivity contribution in [1.82, 2.24) is 0 Å². The Kier molecular flexibility index (Phi) is 6.41. The number of carbonyl (C=O) groups excluding carboxylic acids is 2. The van der Waals surface area contributed by atoms with Gasteiger partial charge in [-0.1, -0.05) is 61.9 Å². The number of allylic oxidation sites excluding steroid dienone is 4. The lowest BCUT2D eigenvalue weighted by atomic mass is 9.46. The summed E-state index contributed by atoms with van der Waals surface area (Å²) in [6.45, 7) is 3.54. The fourth-order valence-corrected chi connectivity index (χ4v) is 9.56. The zero-order chi connectivity index (χ0) is 29.4. The number of carbonyl (C=O) groups is 2. The van der Waals surface area contributed by atoms with E-state index in [2.05, 4.69) is 26.0 Å². The van der Waals surface area contributed by atoms with Crippen molar-refractivity contribution in [2.24, 2.45) is 28.6 Å². The molecular weight excluding hydrogens is 530 g/mol. The zero-order valence-electron chi connectivity index (χ0n) is 24.2. The van der Waals surface area contributed by atoms with Gasteiger partial charge in [0.2, 0.25) is 0 Å². The van der Waals surface area contributed by atoms with Gasteiger partial charge >= 0.3 is 0 Å². The van der Waals surface area contributed by atoms with Crippen LogP contribution in [-0.2, 0) is 25.5 Å². The molecule has 4 N–H and O–H groups in total. The number of anilines is 1. The van der Waals surface area contributed by atoms with Gasteiger partial charge in [-0.05, 0) is 79.4 Å². The molecule has 0 radical (unpaired) electrons. The Balaban J connectivity index is 1.20. The van der Waals surface area contributed by atoms with Gasteiger partial charge in [-0.25, -0.2) is 0 Å². The van der Waals surface area contributed by atoms with Gasteiger partial charge in [0.1, 0.15) is 6.61 Å². The lowest BCUT2D eigenvalue weighted by Crippen LogP contribution is -2.63. The zero-order valence-corrected chi connectivity index (χ0v) is 24.2. The van der Waals surface area contributed by atoms with Crippen LogP contribution in [0.15, 0.2) is 72.3 Å². The molecule has 7 heteroatoms. The first kappa shape index (κ1) is 27.7. The molecule has 4 fully saturated rings. The van der Waals surface area contributed by atoms with Crippen LogP contribution in [0.4, 0.5) is 5.69 Å². The number of hydrogen-bond donors (Lipinski definition) is 3. The minimum atomic E-state index is -1.36. The molecule has 2 aromatic rings. The fraction of sp³-hybridized carbons (Fsp3) is 0.486. The molecule has 3 saturated carbocycles. The molecule has 9 atom stereocenters. The highest BCUT2D eigenvalue weighted by Gasteiger charge is 2.75. The molecule has 0 bridgehead atoms. The standard InChI is InChI=1S/C35H39NO6/c1-33-13-12-25(38)16-23(33)8-11-26-27-17-30-35(29(40)19-37,34(27,2)18-28(39)31(26)33)42-32(41-30)22-5-3-4-21(15-22)14-20-6-9-24(36)10-7-20/h3-7,9-10,12-13,15-16,26-28,30-32,37,39H,8,11,14,17-19,36H2,1-2H3/t26-,27-,28-,30+,31+,32+,33-,34-,35+/m0/s1. The van der Waals surface area contributed by atoms with Crippen LogP contribution >= 0.6 is 0 Å². The minimum absolute atomic E-state index is 0.00401. The van der Waals surface area contributed by atoms with Crippen LogP contribution in [0.5, 0.6) is 0 Å². The molecule has 1 aliphatic heterocycles. The second kappa shape index (κ2) is 9.71. The summed E-state index contributed by atoms with van der Waals surface area (Å²) in [5, 5.41) is 22.1. The van der Waals surface area contributed by atoms with E-state index in [1.807, 2.05) is 42.5 Å². The van der Waals surface area contributed by atoms with Gasteiger partial charge in [0.05, 0.1) is 12.2 Å². The molecule has 2 aromatic carbocycles. The molecule has 5 aliphatic rings. The summed E-state index contributed by atoms with van der Waals surface area (Å²) >= 11 is 0. The highest BCUT2D eigenvalue weighted by Crippen LogP contribution is 2.70. The van der Waals surface area contributed by atoms with Crippen LogP contribution in [0, 0.1) is 28.6 Å². The highest BCUT2D eigenvalue weighted by molar-refractivity contribution is 6.01. The number of ether oxygens (including phenoxy) is 2. The summed E-state index contributed by atoms with van der Waals surface area (Å²) in [5.41, 5.74) is 8.23. The normalized spacial score (nSPS) is 40.1. The van der Waals surface area contributed by atoms with E-state index < -0.39 is 41.5 Å². The first-order chi connectivity index (χ1) is 20.1. The fourth-order valence-electron chi connectivity index (χ4n) is 9.56. The Bertz CT molecular complexity index is 1500. The molecule has 4 aliphatic carbocycles. The Hall–Kier alpha value is -3.10. The van der Waals surface area contributed by atoms with Crippen LogP contribution in [-0.4, -0.2) is 46.2 Å². The monoisotopic (exact) mass is 569 g/mol. The van der Waals surface area contributed by atoms with Gasteiger partial charge in [-0.15, -0.1) is 0 Å². The van der Waals surface area contributed by atoms with Crippen molar-refractivity contribution < 1.29 is 29.3 Å². The number of benzene rings is 2.